The largest absolute Gasteiger partial charge is 0.465 e. The average molecular weight is 317 g/mol. The lowest BCUT2D eigenvalue weighted by Crippen LogP contribution is -2.16. The summed E-state index contributed by atoms with van der Waals surface area (Å²) < 4.78 is 10.8. The zero-order chi connectivity index (χ0) is 17.0. The van der Waals surface area contributed by atoms with E-state index in [1.165, 1.54) is 49.5 Å². The molecule has 0 unspecified atom stereocenters. The fourth-order valence-corrected chi connectivity index (χ4v) is 1.91. The van der Waals surface area contributed by atoms with Crippen LogP contribution in [-0.2, 0) is 16.5 Å². The number of esters is 2. The van der Waals surface area contributed by atoms with Crippen molar-refractivity contribution in [3.63, 3.8) is 0 Å². The SMILES string of the molecule is COC(=O)c1ccc(C(=O)OC)c(NC(=O)c2cnn(C)c2)c1. The second-order valence-electron chi connectivity index (χ2n) is 4.60. The zero-order valence-electron chi connectivity index (χ0n) is 12.8. The summed E-state index contributed by atoms with van der Waals surface area (Å²) in [7, 11) is 4.14. The van der Waals surface area contributed by atoms with Gasteiger partial charge < -0.3 is 14.8 Å². The molecular weight excluding hydrogens is 302 g/mol. The van der Waals surface area contributed by atoms with Gasteiger partial charge in [0.1, 0.15) is 0 Å². The molecule has 0 aliphatic carbocycles. The maximum Gasteiger partial charge on any atom is 0.339 e. The second-order valence-corrected chi connectivity index (χ2v) is 4.60. The van der Waals surface area contributed by atoms with Crippen molar-refractivity contribution in [2.75, 3.05) is 19.5 Å². The molecule has 0 fully saturated rings. The quantitative estimate of drug-likeness (QED) is 0.852. The van der Waals surface area contributed by atoms with Crippen LogP contribution in [0.2, 0.25) is 0 Å². The summed E-state index contributed by atoms with van der Waals surface area (Å²) in [6.45, 7) is 0. The highest BCUT2D eigenvalue weighted by atomic mass is 16.5. The van der Waals surface area contributed by atoms with Crippen LogP contribution in [0.3, 0.4) is 0 Å². The summed E-state index contributed by atoms with van der Waals surface area (Å²) in [5.74, 6) is -1.69. The lowest BCUT2D eigenvalue weighted by molar-refractivity contribution is 0.0587. The number of ether oxygens (including phenoxy) is 2. The van der Waals surface area contributed by atoms with Crippen LogP contribution >= 0.6 is 0 Å². The molecule has 2 aromatic rings. The molecular formula is C15H15N3O5. The fourth-order valence-electron chi connectivity index (χ4n) is 1.91. The van der Waals surface area contributed by atoms with Crippen LogP contribution in [-0.4, -0.2) is 41.8 Å². The van der Waals surface area contributed by atoms with E-state index in [9.17, 15) is 14.4 Å². The Balaban J connectivity index is 2.38. The maximum absolute atomic E-state index is 12.2. The van der Waals surface area contributed by atoms with E-state index in [4.69, 9.17) is 0 Å². The molecule has 23 heavy (non-hydrogen) atoms. The number of aryl methyl sites for hydroxylation is 1. The molecule has 0 saturated heterocycles. The summed E-state index contributed by atoms with van der Waals surface area (Å²) in [5.41, 5.74) is 0.777. The van der Waals surface area contributed by atoms with E-state index in [0.717, 1.165) is 0 Å². The molecule has 8 heteroatoms. The van der Waals surface area contributed by atoms with E-state index in [1.54, 1.807) is 7.05 Å². The van der Waals surface area contributed by atoms with Crippen molar-refractivity contribution in [3.8, 4) is 0 Å². The number of hydrogen-bond donors (Lipinski definition) is 1. The first-order chi connectivity index (χ1) is 11.0. The van der Waals surface area contributed by atoms with Gasteiger partial charge in [-0.3, -0.25) is 9.48 Å². The topological polar surface area (TPSA) is 99.5 Å². The molecule has 120 valence electrons. The number of nitrogens with zero attached hydrogens (tertiary/aromatic N) is 2. The molecule has 1 amide bonds. The average Bonchev–Trinajstić information content (AvgIpc) is 3.00. The van der Waals surface area contributed by atoms with Crippen molar-refractivity contribution < 1.29 is 23.9 Å². The monoisotopic (exact) mass is 317 g/mol. The zero-order valence-corrected chi connectivity index (χ0v) is 12.8. The standard InChI is InChI=1S/C15H15N3O5/c1-18-8-10(7-16-18)13(19)17-12-6-9(14(20)22-2)4-5-11(12)15(21)23-3/h4-8H,1-3H3,(H,17,19). The van der Waals surface area contributed by atoms with Crippen molar-refractivity contribution in [2.24, 2.45) is 7.05 Å². The lowest BCUT2D eigenvalue weighted by Gasteiger charge is -2.10. The van der Waals surface area contributed by atoms with Gasteiger partial charge in [-0.25, -0.2) is 9.59 Å². The summed E-state index contributed by atoms with van der Waals surface area (Å²) >= 11 is 0. The van der Waals surface area contributed by atoms with Crippen LogP contribution in [0.5, 0.6) is 0 Å². The maximum atomic E-state index is 12.2. The third kappa shape index (κ3) is 3.54. The predicted molar refractivity (Wildman–Crippen MR) is 80.3 cm³/mol. The van der Waals surface area contributed by atoms with Gasteiger partial charge in [-0.15, -0.1) is 0 Å². The molecule has 0 bridgehead atoms. The second kappa shape index (κ2) is 6.73. The van der Waals surface area contributed by atoms with Gasteiger partial charge in [-0.1, -0.05) is 0 Å². The Morgan fingerprint density at radius 2 is 1.78 bits per heavy atom. The number of carbonyl (C=O) groups excluding carboxylic acids is 3. The Bertz CT molecular complexity index is 766. The van der Waals surface area contributed by atoms with Crippen LogP contribution in [0.1, 0.15) is 31.1 Å². The number of carbonyl (C=O) groups is 3. The third-order valence-corrected chi connectivity index (χ3v) is 3.06. The van der Waals surface area contributed by atoms with E-state index in [0.29, 0.717) is 5.56 Å². The molecule has 0 atom stereocenters. The third-order valence-electron chi connectivity index (χ3n) is 3.06. The summed E-state index contributed by atoms with van der Waals surface area (Å²) in [4.78, 5) is 35.6. The lowest BCUT2D eigenvalue weighted by atomic mass is 10.1. The first-order valence-electron chi connectivity index (χ1n) is 6.57. The van der Waals surface area contributed by atoms with Gasteiger partial charge in [-0.05, 0) is 18.2 Å². The van der Waals surface area contributed by atoms with Crippen molar-refractivity contribution in [2.45, 2.75) is 0 Å². The molecule has 1 aromatic heterocycles. The van der Waals surface area contributed by atoms with Crippen LogP contribution < -0.4 is 5.32 Å². The van der Waals surface area contributed by atoms with E-state index >= 15 is 0 Å². The molecule has 1 aromatic carbocycles. The first-order valence-corrected chi connectivity index (χ1v) is 6.57. The highest BCUT2D eigenvalue weighted by Gasteiger charge is 2.18. The number of nitrogens with one attached hydrogen (secondary N) is 1. The van der Waals surface area contributed by atoms with Crippen LogP contribution in [0.15, 0.2) is 30.6 Å². The van der Waals surface area contributed by atoms with Crippen molar-refractivity contribution in [1.82, 2.24) is 9.78 Å². The van der Waals surface area contributed by atoms with E-state index in [-0.39, 0.29) is 16.8 Å². The van der Waals surface area contributed by atoms with Gasteiger partial charge in [0, 0.05) is 13.2 Å². The Morgan fingerprint density at radius 3 is 2.35 bits per heavy atom. The van der Waals surface area contributed by atoms with Gasteiger partial charge in [-0.2, -0.15) is 5.10 Å². The summed E-state index contributed by atoms with van der Waals surface area (Å²) in [6.07, 6.45) is 2.91. The molecule has 1 heterocycles. The number of anilines is 1. The highest BCUT2D eigenvalue weighted by molar-refractivity contribution is 6.08. The van der Waals surface area contributed by atoms with E-state index in [1.807, 2.05) is 0 Å². The number of rotatable bonds is 4. The van der Waals surface area contributed by atoms with Crippen molar-refractivity contribution in [1.29, 1.82) is 0 Å². The molecule has 0 saturated carbocycles. The van der Waals surface area contributed by atoms with Gasteiger partial charge in [0.05, 0.1) is 42.8 Å². The van der Waals surface area contributed by atoms with E-state index in [2.05, 4.69) is 19.9 Å². The normalized spacial score (nSPS) is 10.0. The Morgan fingerprint density at radius 1 is 1.09 bits per heavy atom. The minimum absolute atomic E-state index is 0.123. The molecule has 8 nitrogen and oxygen atoms in total. The van der Waals surface area contributed by atoms with Crippen LogP contribution in [0, 0.1) is 0 Å². The highest BCUT2D eigenvalue weighted by Crippen LogP contribution is 2.20. The molecule has 1 N–H and O–H groups in total. The smallest absolute Gasteiger partial charge is 0.339 e. The van der Waals surface area contributed by atoms with Crippen molar-refractivity contribution in [3.05, 3.63) is 47.3 Å². The molecule has 0 spiro atoms. The molecule has 0 aliphatic heterocycles. The fraction of sp³-hybridized carbons (Fsp3) is 0.200. The molecule has 0 aliphatic rings. The Kier molecular flexibility index (Phi) is 4.75. The number of aromatic nitrogens is 2. The molecule has 2 rings (SSSR count). The Labute approximate surface area is 132 Å². The number of methoxy groups -OCH3 is 2. The number of amides is 1. The van der Waals surface area contributed by atoms with Crippen LogP contribution in [0.4, 0.5) is 5.69 Å². The Hall–Kier alpha value is -3.16. The minimum atomic E-state index is -0.636. The summed E-state index contributed by atoms with van der Waals surface area (Å²) in [6, 6.07) is 4.15. The van der Waals surface area contributed by atoms with Gasteiger partial charge in [0.25, 0.3) is 5.91 Å². The number of hydrogen-bond acceptors (Lipinski definition) is 6. The number of benzene rings is 1. The summed E-state index contributed by atoms with van der Waals surface area (Å²) in [5, 5.41) is 6.48. The van der Waals surface area contributed by atoms with E-state index < -0.39 is 17.8 Å². The first kappa shape index (κ1) is 16.2. The predicted octanol–water partition coefficient (Wildman–Crippen LogP) is 1.25. The van der Waals surface area contributed by atoms with Gasteiger partial charge >= 0.3 is 11.9 Å². The minimum Gasteiger partial charge on any atom is -0.465 e. The van der Waals surface area contributed by atoms with Gasteiger partial charge in [0.2, 0.25) is 0 Å². The van der Waals surface area contributed by atoms with Crippen molar-refractivity contribution >= 4 is 23.5 Å². The molecule has 0 radical (unpaired) electrons. The van der Waals surface area contributed by atoms with Gasteiger partial charge in [0.15, 0.2) is 0 Å². The van der Waals surface area contributed by atoms with Crippen LogP contribution in [0.25, 0.3) is 0 Å².